The van der Waals surface area contributed by atoms with Gasteiger partial charge in [-0.3, -0.25) is 0 Å². The summed E-state index contributed by atoms with van der Waals surface area (Å²) >= 11 is 1.87. The molecule has 2 heteroatoms. The molecule has 1 aliphatic rings. The van der Waals surface area contributed by atoms with E-state index in [1.165, 1.54) is 38.2 Å². The van der Waals surface area contributed by atoms with E-state index in [1.54, 1.807) is 0 Å². The molecule has 0 saturated heterocycles. The Balaban J connectivity index is 1.93. The zero-order valence-corrected chi connectivity index (χ0v) is 13.5. The monoisotopic (exact) mass is 314 g/mol. The van der Waals surface area contributed by atoms with Crippen LogP contribution in [0.4, 0.5) is 0 Å². The van der Waals surface area contributed by atoms with E-state index in [9.17, 15) is 0 Å². The molecule has 5 rings (SSSR count). The van der Waals surface area contributed by atoms with E-state index in [-0.39, 0.29) is 0 Å². The maximum atomic E-state index is 2.51. The number of hydrogen-bond acceptors (Lipinski definition) is 1. The molecular formula is C21H16NS+. The Hall–Kier alpha value is -2.45. The van der Waals surface area contributed by atoms with Crippen LogP contribution in [0.25, 0.3) is 32.6 Å². The first-order chi connectivity index (χ1) is 11.4. The first-order valence-corrected chi connectivity index (χ1v) is 8.87. The Morgan fingerprint density at radius 1 is 0.870 bits per heavy atom. The SMILES string of the molecule is c1ccc(-c2cc3ccccc3c3[n+]2CCc2ccsc2-3)cc1. The van der Waals surface area contributed by atoms with Crippen molar-refractivity contribution in [2.75, 3.05) is 0 Å². The number of aromatic nitrogens is 1. The van der Waals surface area contributed by atoms with Gasteiger partial charge in [-0.05, 0) is 40.6 Å². The number of thiophene rings is 1. The summed E-state index contributed by atoms with van der Waals surface area (Å²) in [6.07, 6.45) is 1.12. The Labute approximate surface area is 139 Å². The molecule has 1 nitrogen and oxygen atoms in total. The molecule has 4 aromatic rings. The molecule has 0 radical (unpaired) electrons. The van der Waals surface area contributed by atoms with Crippen molar-refractivity contribution in [3.63, 3.8) is 0 Å². The van der Waals surface area contributed by atoms with Gasteiger partial charge >= 0.3 is 0 Å². The number of aryl methyl sites for hydroxylation is 1. The molecule has 0 spiro atoms. The Kier molecular flexibility index (Phi) is 2.85. The number of benzene rings is 2. The summed E-state index contributed by atoms with van der Waals surface area (Å²) in [7, 11) is 0. The molecule has 2 aromatic heterocycles. The molecule has 110 valence electrons. The molecule has 0 N–H and O–H groups in total. The molecule has 3 heterocycles. The van der Waals surface area contributed by atoms with Crippen LogP contribution in [0.3, 0.4) is 0 Å². The van der Waals surface area contributed by atoms with Gasteiger partial charge in [-0.25, -0.2) is 0 Å². The normalized spacial score (nSPS) is 12.9. The van der Waals surface area contributed by atoms with Crippen molar-refractivity contribution in [2.24, 2.45) is 0 Å². The summed E-state index contributed by atoms with van der Waals surface area (Å²) in [5, 5.41) is 4.90. The second-order valence-electron chi connectivity index (χ2n) is 6.01. The van der Waals surface area contributed by atoms with Crippen LogP contribution >= 0.6 is 11.3 Å². The predicted octanol–water partition coefficient (Wildman–Crippen LogP) is 5.08. The molecule has 0 atom stereocenters. The van der Waals surface area contributed by atoms with E-state index in [2.05, 4.69) is 76.7 Å². The minimum absolute atomic E-state index is 1.05. The van der Waals surface area contributed by atoms with Gasteiger partial charge in [0, 0.05) is 18.1 Å². The molecule has 23 heavy (non-hydrogen) atoms. The van der Waals surface area contributed by atoms with Gasteiger partial charge in [-0.1, -0.05) is 36.4 Å². The fourth-order valence-corrected chi connectivity index (χ4v) is 4.65. The molecule has 0 saturated carbocycles. The Morgan fingerprint density at radius 3 is 2.61 bits per heavy atom. The summed E-state index contributed by atoms with van der Waals surface area (Å²) in [5.74, 6) is 0. The maximum absolute atomic E-state index is 2.51. The second-order valence-corrected chi connectivity index (χ2v) is 6.92. The van der Waals surface area contributed by atoms with E-state index in [4.69, 9.17) is 0 Å². The molecule has 2 aromatic carbocycles. The molecule has 0 amide bonds. The van der Waals surface area contributed by atoms with E-state index < -0.39 is 0 Å². The number of fused-ring (bicyclic) bond motifs is 5. The lowest BCUT2D eigenvalue weighted by Gasteiger charge is -2.16. The van der Waals surface area contributed by atoms with Crippen molar-refractivity contribution in [3.05, 3.63) is 77.7 Å². The van der Waals surface area contributed by atoms with Gasteiger partial charge in [0.2, 0.25) is 11.4 Å². The van der Waals surface area contributed by atoms with Gasteiger partial charge in [0.25, 0.3) is 0 Å². The molecule has 0 aliphatic carbocycles. The molecular weight excluding hydrogens is 298 g/mol. The van der Waals surface area contributed by atoms with Gasteiger partial charge in [-0.15, -0.1) is 11.3 Å². The first-order valence-electron chi connectivity index (χ1n) is 7.99. The van der Waals surface area contributed by atoms with Crippen LogP contribution in [0.15, 0.2) is 72.1 Å². The largest absolute Gasteiger partial charge is 0.231 e. The molecule has 0 bridgehead atoms. The lowest BCUT2D eigenvalue weighted by molar-refractivity contribution is -0.675. The van der Waals surface area contributed by atoms with Crippen LogP contribution < -0.4 is 4.57 Å². The third-order valence-corrected chi connectivity index (χ3v) is 5.67. The average Bonchev–Trinajstić information content (AvgIpc) is 3.10. The highest BCUT2D eigenvalue weighted by atomic mass is 32.1. The van der Waals surface area contributed by atoms with E-state index in [0.717, 1.165) is 13.0 Å². The fraction of sp³-hybridized carbons (Fsp3) is 0.0952. The minimum Gasteiger partial charge on any atom is -0.190 e. The zero-order chi connectivity index (χ0) is 15.2. The van der Waals surface area contributed by atoms with Crippen molar-refractivity contribution in [3.8, 4) is 21.8 Å². The summed E-state index contributed by atoms with van der Waals surface area (Å²) in [6.45, 7) is 1.05. The zero-order valence-electron chi connectivity index (χ0n) is 12.7. The first kappa shape index (κ1) is 13.0. The van der Waals surface area contributed by atoms with Gasteiger partial charge in [0.15, 0.2) is 6.54 Å². The average molecular weight is 314 g/mol. The summed E-state index contributed by atoms with van der Waals surface area (Å²) < 4.78 is 2.51. The number of pyridine rings is 1. The topological polar surface area (TPSA) is 3.88 Å². The van der Waals surface area contributed by atoms with Gasteiger partial charge in [0.1, 0.15) is 4.88 Å². The number of nitrogens with zero attached hydrogens (tertiary/aromatic N) is 1. The van der Waals surface area contributed by atoms with Crippen molar-refractivity contribution >= 4 is 22.1 Å². The molecule has 1 aliphatic heterocycles. The third-order valence-electron chi connectivity index (χ3n) is 4.70. The number of rotatable bonds is 1. The molecule has 0 unspecified atom stereocenters. The van der Waals surface area contributed by atoms with Crippen molar-refractivity contribution in [2.45, 2.75) is 13.0 Å². The van der Waals surface area contributed by atoms with Crippen LogP contribution in [0.2, 0.25) is 0 Å². The van der Waals surface area contributed by atoms with Crippen LogP contribution in [0.1, 0.15) is 5.56 Å². The van der Waals surface area contributed by atoms with Crippen molar-refractivity contribution in [1.29, 1.82) is 0 Å². The van der Waals surface area contributed by atoms with E-state index in [1.807, 2.05) is 11.3 Å². The fourth-order valence-electron chi connectivity index (χ4n) is 3.63. The minimum atomic E-state index is 1.05. The summed E-state index contributed by atoms with van der Waals surface area (Å²) in [4.78, 5) is 1.44. The van der Waals surface area contributed by atoms with Crippen LogP contribution in [0.5, 0.6) is 0 Å². The van der Waals surface area contributed by atoms with Crippen LogP contribution in [-0.2, 0) is 13.0 Å². The quantitative estimate of drug-likeness (QED) is 0.431. The van der Waals surface area contributed by atoms with E-state index in [0.29, 0.717) is 0 Å². The highest BCUT2D eigenvalue weighted by molar-refractivity contribution is 7.13. The van der Waals surface area contributed by atoms with Crippen molar-refractivity contribution < 1.29 is 4.57 Å². The highest BCUT2D eigenvalue weighted by Gasteiger charge is 2.30. The third kappa shape index (κ3) is 1.95. The lowest BCUT2D eigenvalue weighted by atomic mass is 9.98. The summed E-state index contributed by atoms with van der Waals surface area (Å²) in [5.41, 5.74) is 5.49. The Bertz CT molecular complexity index is 1010. The maximum Gasteiger partial charge on any atom is 0.231 e. The smallest absolute Gasteiger partial charge is 0.190 e. The van der Waals surface area contributed by atoms with E-state index >= 15 is 0 Å². The van der Waals surface area contributed by atoms with Crippen LogP contribution in [-0.4, -0.2) is 0 Å². The predicted molar refractivity (Wildman–Crippen MR) is 96.6 cm³/mol. The molecule has 0 fully saturated rings. The highest BCUT2D eigenvalue weighted by Crippen LogP contribution is 2.37. The second kappa shape index (κ2) is 5.04. The van der Waals surface area contributed by atoms with Gasteiger partial charge < -0.3 is 0 Å². The van der Waals surface area contributed by atoms with Gasteiger partial charge in [0.05, 0.1) is 5.39 Å². The van der Waals surface area contributed by atoms with Crippen LogP contribution in [0, 0.1) is 0 Å². The summed E-state index contributed by atoms with van der Waals surface area (Å²) in [6, 6.07) is 24.1. The number of hydrogen-bond donors (Lipinski definition) is 0. The van der Waals surface area contributed by atoms with Crippen molar-refractivity contribution in [1.82, 2.24) is 0 Å². The Morgan fingerprint density at radius 2 is 1.70 bits per heavy atom. The lowest BCUT2D eigenvalue weighted by Crippen LogP contribution is -2.42. The standard InChI is InChI=1S/C21H16NS/c1-2-6-15(7-3-1)19-14-17-8-4-5-9-18(17)20-21-16(11-13-23-21)10-12-22(19)20/h1-9,11,13-14H,10,12H2/q+1. The van der Waals surface area contributed by atoms with Gasteiger partial charge in [-0.2, -0.15) is 4.57 Å².